The molecule has 0 radical (unpaired) electrons. The van der Waals surface area contributed by atoms with Gasteiger partial charge in [-0.05, 0) is 203 Å². The Balaban J connectivity index is 0.000000106. The van der Waals surface area contributed by atoms with Crippen LogP contribution in [-0.4, -0.2) is 13.7 Å². The minimum atomic E-state index is -0.410. The van der Waals surface area contributed by atoms with Crippen LogP contribution in [0.15, 0.2) is 467 Å². The Labute approximate surface area is 755 Å². The lowest BCUT2D eigenvalue weighted by atomic mass is 9.70. The Kier molecular flexibility index (Phi) is 17.6. The molecule has 0 amide bonds. The number of aromatic nitrogens is 3. The molecule has 0 N–H and O–H groups in total. The highest BCUT2D eigenvalue weighted by Crippen LogP contribution is 2.64. The van der Waals surface area contributed by atoms with Gasteiger partial charge in [0.05, 0.1) is 49.9 Å². The molecule has 3 heteroatoms. The van der Waals surface area contributed by atoms with Gasteiger partial charge in [0.25, 0.3) is 0 Å². The minimum Gasteiger partial charge on any atom is -0.309 e. The van der Waals surface area contributed by atoms with E-state index >= 15 is 0 Å². The Hall–Kier alpha value is -16.2. The molecule has 612 valence electrons. The van der Waals surface area contributed by atoms with Crippen LogP contribution in [0.25, 0.3) is 192 Å². The Morgan fingerprint density at radius 2 is 0.354 bits per heavy atom. The first-order valence-electron chi connectivity index (χ1n) is 45.6. The topological polar surface area (TPSA) is 14.8 Å². The lowest BCUT2D eigenvalue weighted by Crippen LogP contribution is -2.25. The number of fused-ring (bicyclic) bond motifs is 37. The zero-order valence-electron chi connectivity index (χ0n) is 72.8. The Morgan fingerprint density at radius 1 is 0.146 bits per heavy atom. The Bertz CT molecular complexity index is 8600. The first kappa shape index (κ1) is 76.3. The summed E-state index contributed by atoms with van der Waals surface area (Å²) >= 11 is 0. The second-order valence-electron chi connectivity index (χ2n) is 36.2. The third-order valence-electron chi connectivity index (χ3n) is 28.9. The zero-order chi connectivity index (χ0) is 86.5. The van der Waals surface area contributed by atoms with Gasteiger partial charge >= 0.3 is 0 Å². The quantitative estimate of drug-likeness (QED) is 0.167. The summed E-state index contributed by atoms with van der Waals surface area (Å²) in [5, 5.41) is 22.3. The third-order valence-corrected chi connectivity index (χ3v) is 28.9. The van der Waals surface area contributed by atoms with Crippen molar-refractivity contribution in [2.75, 3.05) is 0 Å². The van der Waals surface area contributed by atoms with E-state index in [-0.39, 0.29) is 10.8 Å². The van der Waals surface area contributed by atoms with Crippen LogP contribution in [0.4, 0.5) is 0 Å². The molecule has 3 nitrogen and oxygen atoms in total. The number of nitrogens with zero attached hydrogens (tertiary/aromatic N) is 3. The summed E-state index contributed by atoms with van der Waals surface area (Å²) in [6.45, 7) is 9.42. The first-order valence-corrected chi connectivity index (χ1v) is 45.6. The smallest absolute Gasteiger partial charge is 0.0726 e. The van der Waals surface area contributed by atoms with Crippen LogP contribution in [0.1, 0.15) is 72.2 Å². The van der Waals surface area contributed by atoms with Gasteiger partial charge in [-0.15, -0.1) is 0 Å². The highest BCUT2D eigenvalue weighted by Gasteiger charge is 2.52. The van der Waals surface area contributed by atoms with Gasteiger partial charge in [0, 0.05) is 60.0 Å². The van der Waals surface area contributed by atoms with Crippen LogP contribution in [-0.2, 0) is 16.2 Å². The van der Waals surface area contributed by atoms with E-state index in [1.807, 2.05) is 0 Å². The van der Waals surface area contributed by atoms with Crippen LogP contribution in [0.2, 0.25) is 0 Å². The van der Waals surface area contributed by atoms with Gasteiger partial charge in [0.2, 0.25) is 0 Å². The standard InChI is InChI=1S/C49H31N.2C39H29N/c1-3-18-34-32(16-1)33-17-2-4-19-35(33)39-23-9-14-30-46(39)50(45-29-13-8-22-38(34)45)47-31-15-28-44-48(47)40-24-7-12-27-43(40)49(44)41-25-10-5-20-36(41)37-21-6-11-26-42(37)49;1-39(2)33-21-10-7-20-32(33)38-34(39)22-13-25-37(38)40-35-23-11-8-18-30(35)28-16-5-3-14-26(28)27-15-4-6-17-29(27)31-19-9-12-24-36(31)40;1-39(2)35-20-10-7-17-31(35)32-24-23-26(25-36(32)39)40-37-21-11-8-18-33(37)29-15-5-3-13-27(29)28-14-4-6-16-30(28)34-19-9-12-22-38(34)40/h1-31H;2*3-25H,1-2H3. The van der Waals surface area contributed by atoms with Gasteiger partial charge in [-0.1, -0.05) is 434 Å². The number of para-hydroxylation sites is 6. The summed E-state index contributed by atoms with van der Waals surface area (Å²) in [6.07, 6.45) is 0. The molecule has 0 fully saturated rings. The molecule has 0 saturated heterocycles. The number of hydrogen-bond donors (Lipinski definition) is 0. The molecule has 3 aromatic heterocycles. The predicted molar refractivity (Wildman–Crippen MR) is 552 cm³/mol. The minimum absolute atomic E-state index is 0.0696. The monoisotopic (exact) mass is 1660 g/mol. The van der Waals surface area contributed by atoms with E-state index in [0.29, 0.717) is 0 Å². The third kappa shape index (κ3) is 11.3. The number of rotatable bonds is 3. The normalized spacial score (nSPS) is 13.4. The molecule has 0 saturated carbocycles. The van der Waals surface area contributed by atoms with Crippen molar-refractivity contribution in [2.45, 2.75) is 43.9 Å². The molecule has 130 heavy (non-hydrogen) atoms. The van der Waals surface area contributed by atoms with E-state index in [9.17, 15) is 0 Å². The molecular weight excluding hydrogens is 1570 g/mol. The molecule has 3 heterocycles. The largest absolute Gasteiger partial charge is 0.309 e. The van der Waals surface area contributed by atoms with Gasteiger partial charge in [-0.3, -0.25) is 0 Å². The Morgan fingerprint density at radius 3 is 0.692 bits per heavy atom. The fourth-order valence-electron chi connectivity index (χ4n) is 23.3. The van der Waals surface area contributed by atoms with Gasteiger partial charge < -0.3 is 13.7 Å². The molecule has 23 aromatic rings. The van der Waals surface area contributed by atoms with Crippen molar-refractivity contribution in [1.82, 2.24) is 13.7 Å². The summed E-state index contributed by atoms with van der Waals surface area (Å²) in [7, 11) is 0. The van der Waals surface area contributed by atoms with Crippen LogP contribution in [0, 0.1) is 0 Å². The van der Waals surface area contributed by atoms with E-state index in [2.05, 4.69) is 509 Å². The number of hydrogen-bond acceptors (Lipinski definition) is 0. The molecule has 4 aliphatic carbocycles. The maximum atomic E-state index is 2.55. The van der Waals surface area contributed by atoms with E-state index in [1.165, 1.54) is 236 Å². The van der Waals surface area contributed by atoms with Crippen molar-refractivity contribution in [2.24, 2.45) is 0 Å². The molecule has 1 spiro atoms. The summed E-state index contributed by atoms with van der Waals surface area (Å²) in [4.78, 5) is 0. The number of benzene rings is 20. The van der Waals surface area contributed by atoms with Crippen molar-refractivity contribution >= 4 is 130 Å². The molecule has 0 aliphatic heterocycles. The molecule has 27 rings (SSSR count). The van der Waals surface area contributed by atoms with Crippen LogP contribution in [0.3, 0.4) is 0 Å². The predicted octanol–water partition coefficient (Wildman–Crippen LogP) is 33.6. The van der Waals surface area contributed by atoms with E-state index in [0.717, 1.165) is 0 Å². The summed E-state index contributed by atoms with van der Waals surface area (Å²) in [6, 6.07) is 173. The van der Waals surface area contributed by atoms with Crippen LogP contribution in [0.5, 0.6) is 0 Å². The molecule has 20 aromatic carbocycles. The molecule has 0 atom stereocenters. The van der Waals surface area contributed by atoms with Crippen molar-refractivity contribution in [3.63, 3.8) is 0 Å². The van der Waals surface area contributed by atoms with Crippen molar-refractivity contribution < 1.29 is 0 Å². The van der Waals surface area contributed by atoms with Crippen LogP contribution < -0.4 is 0 Å². The van der Waals surface area contributed by atoms with Gasteiger partial charge in [-0.25, -0.2) is 0 Å². The fraction of sp³-hybridized carbons (Fsp3) is 0.0551. The average molecular weight is 1660 g/mol. The molecule has 4 aliphatic rings. The summed E-state index contributed by atoms with van der Waals surface area (Å²) < 4.78 is 7.54. The lowest BCUT2D eigenvalue weighted by Gasteiger charge is -2.30. The van der Waals surface area contributed by atoms with Crippen LogP contribution >= 0.6 is 0 Å². The SMILES string of the molecule is CC1(C)c2ccccc2-c2c(-n3c4ccccc4c4ccccc4c4ccccc4c4ccccc43)cccc21.CC1(C)c2ccccc2-c2ccc(-n3c4ccccc4c4ccccc4c4ccccc4c4ccccc43)cc21.c1ccc2c(c1)-c1ccccc1C21c2ccccc2-c2c(-n3c4ccccc4c4ccccc4c4ccccc4c4ccccc43)cccc21. The van der Waals surface area contributed by atoms with Crippen molar-refractivity contribution in [3.8, 4) is 61.6 Å². The second-order valence-corrected chi connectivity index (χ2v) is 36.2. The summed E-state index contributed by atoms with van der Waals surface area (Å²) in [5.74, 6) is 0. The molecule has 0 bridgehead atoms. The van der Waals surface area contributed by atoms with Crippen molar-refractivity contribution in [3.05, 3.63) is 512 Å². The van der Waals surface area contributed by atoms with E-state index in [1.54, 1.807) is 0 Å². The van der Waals surface area contributed by atoms with E-state index in [4.69, 9.17) is 0 Å². The summed E-state index contributed by atoms with van der Waals surface area (Å²) in [5.41, 5.74) is 31.6. The fourth-order valence-corrected chi connectivity index (χ4v) is 23.3. The van der Waals surface area contributed by atoms with Gasteiger partial charge in [0.1, 0.15) is 0 Å². The lowest BCUT2D eigenvalue weighted by molar-refractivity contribution is 0.660. The molecule has 0 unspecified atom stereocenters. The van der Waals surface area contributed by atoms with Crippen molar-refractivity contribution in [1.29, 1.82) is 0 Å². The molecular formula is C127H89N3. The zero-order valence-corrected chi connectivity index (χ0v) is 72.8. The highest BCUT2D eigenvalue weighted by molar-refractivity contribution is 6.23. The van der Waals surface area contributed by atoms with Gasteiger partial charge in [-0.2, -0.15) is 0 Å². The first-order chi connectivity index (χ1) is 64.1. The maximum absolute atomic E-state index is 2.55. The maximum Gasteiger partial charge on any atom is 0.0726 e. The second kappa shape index (κ2) is 30.0. The van der Waals surface area contributed by atoms with Gasteiger partial charge in [0.15, 0.2) is 0 Å². The highest BCUT2D eigenvalue weighted by atomic mass is 15.0. The van der Waals surface area contributed by atoms with E-state index < -0.39 is 5.41 Å². The average Bonchev–Trinajstić information content (AvgIpc) is 1.50.